The first-order valence-electron chi connectivity index (χ1n) is 4.37. The summed E-state index contributed by atoms with van der Waals surface area (Å²) < 4.78 is 4.47. The average Bonchev–Trinajstić information content (AvgIpc) is 2.26. The normalized spacial score (nSPS) is 10.3. The van der Waals surface area contributed by atoms with Crippen LogP contribution in [0, 0.1) is 0 Å². The van der Waals surface area contributed by atoms with Gasteiger partial charge >= 0.3 is 11.9 Å². The van der Waals surface area contributed by atoms with Gasteiger partial charge in [-0.15, -0.1) is 0 Å². The first-order valence-corrected chi connectivity index (χ1v) is 4.37. The number of hydrogen-bond donors (Lipinski definition) is 2. The third-order valence-electron chi connectivity index (χ3n) is 1.86. The number of carbonyl (C=O) groups is 2. The number of ether oxygens (including phenoxy) is 1. The molecule has 0 unspecified atom stereocenters. The van der Waals surface area contributed by atoms with Gasteiger partial charge in [0.1, 0.15) is 5.75 Å². The molecule has 0 radical (unpaired) electrons. The summed E-state index contributed by atoms with van der Waals surface area (Å²) in [6.07, 6.45) is 2.13. The highest BCUT2D eigenvalue weighted by molar-refractivity contribution is 5.91. The second-order valence-corrected chi connectivity index (χ2v) is 2.94. The Bertz CT molecular complexity index is 448. The SMILES string of the molecule is COC(=O)c1ccc(C=CC(=O)O)c(O)c1. The van der Waals surface area contributed by atoms with E-state index in [0.29, 0.717) is 5.56 Å². The molecule has 5 heteroatoms. The fourth-order valence-electron chi connectivity index (χ4n) is 1.09. The lowest BCUT2D eigenvalue weighted by atomic mass is 10.1. The number of phenolic OH excluding ortho intramolecular Hbond substituents is 1. The fourth-order valence-corrected chi connectivity index (χ4v) is 1.09. The van der Waals surface area contributed by atoms with E-state index in [1.54, 1.807) is 0 Å². The Morgan fingerprint density at radius 1 is 1.38 bits per heavy atom. The third-order valence-corrected chi connectivity index (χ3v) is 1.86. The number of aromatic hydroxyl groups is 1. The van der Waals surface area contributed by atoms with E-state index >= 15 is 0 Å². The van der Waals surface area contributed by atoms with Crippen molar-refractivity contribution >= 4 is 18.0 Å². The molecule has 0 aliphatic rings. The van der Waals surface area contributed by atoms with Crippen molar-refractivity contribution in [3.8, 4) is 5.75 Å². The second kappa shape index (κ2) is 4.97. The topological polar surface area (TPSA) is 83.8 Å². The molecule has 0 spiro atoms. The number of benzene rings is 1. The van der Waals surface area contributed by atoms with E-state index in [0.717, 1.165) is 6.08 Å². The van der Waals surface area contributed by atoms with Crippen molar-refractivity contribution in [2.45, 2.75) is 0 Å². The van der Waals surface area contributed by atoms with Crippen LogP contribution in [0.5, 0.6) is 5.75 Å². The van der Waals surface area contributed by atoms with Gasteiger partial charge in [-0.2, -0.15) is 0 Å². The van der Waals surface area contributed by atoms with Gasteiger partial charge in [-0.1, -0.05) is 6.07 Å². The molecule has 0 saturated heterocycles. The predicted octanol–water partition coefficient (Wildman–Crippen LogP) is 1.28. The molecule has 5 nitrogen and oxygen atoms in total. The Balaban J connectivity index is 3.00. The van der Waals surface area contributed by atoms with Crippen LogP contribution >= 0.6 is 0 Å². The van der Waals surface area contributed by atoms with Gasteiger partial charge < -0.3 is 14.9 Å². The van der Waals surface area contributed by atoms with Crippen molar-refractivity contribution in [2.75, 3.05) is 7.11 Å². The number of carboxylic acid groups (broad SMARTS) is 1. The largest absolute Gasteiger partial charge is 0.507 e. The van der Waals surface area contributed by atoms with Crippen LogP contribution < -0.4 is 0 Å². The number of aliphatic carboxylic acids is 1. The van der Waals surface area contributed by atoms with Crippen molar-refractivity contribution in [3.63, 3.8) is 0 Å². The number of rotatable bonds is 3. The van der Waals surface area contributed by atoms with E-state index in [9.17, 15) is 14.7 Å². The van der Waals surface area contributed by atoms with Crippen molar-refractivity contribution in [1.82, 2.24) is 0 Å². The minimum atomic E-state index is -1.11. The van der Waals surface area contributed by atoms with Crippen LogP contribution in [0.25, 0.3) is 6.08 Å². The van der Waals surface area contributed by atoms with Crippen LogP contribution in [-0.4, -0.2) is 29.3 Å². The van der Waals surface area contributed by atoms with Gasteiger partial charge in [0.15, 0.2) is 0 Å². The van der Waals surface area contributed by atoms with E-state index in [4.69, 9.17) is 5.11 Å². The molecule has 0 aliphatic heterocycles. The maximum atomic E-state index is 11.1. The third kappa shape index (κ3) is 2.84. The molecule has 0 heterocycles. The second-order valence-electron chi connectivity index (χ2n) is 2.94. The van der Waals surface area contributed by atoms with Crippen LogP contribution in [0.4, 0.5) is 0 Å². The monoisotopic (exact) mass is 222 g/mol. The highest BCUT2D eigenvalue weighted by Gasteiger charge is 2.07. The van der Waals surface area contributed by atoms with Crippen LogP contribution in [0.1, 0.15) is 15.9 Å². The number of carbonyl (C=O) groups excluding carboxylic acids is 1. The van der Waals surface area contributed by atoms with Gasteiger partial charge in [0.25, 0.3) is 0 Å². The van der Waals surface area contributed by atoms with Crippen molar-refractivity contribution in [2.24, 2.45) is 0 Å². The van der Waals surface area contributed by atoms with Gasteiger partial charge in [0, 0.05) is 11.6 Å². The summed E-state index contributed by atoms with van der Waals surface area (Å²) in [7, 11) is 1.23. The Hall–Kier alpha value is -2.30. The Morgan fingerprint density at radius 3 is 2.56 bits per heavy atom. The predicted molar refractivity (Wildman–Crippen MR) is 56.1 cm³/mol. The number of phenols is 1. The number of methoxy groups -OCH3 is 1. The minimum absolute atomic E-state index is 0.180. The molecule has 0 bridgehead atoms. The zero-order chi connectivity index (χ0) is 12.1. The van der Waals surface area contributed by atoms with Crippen LogP contribution in [0.3, 0.4) is 0 Å². The molecular formula is C11H10O5. The maximum Gasteiger partial charge on any atom is 0.337 e. The van der Waals surface area contributed by atoms with Gasteiger partial charge in [-0.05, 0) is 18.2 Å². The number of carboxylic acids is 1. The molecule has 16 heavy (non-hydrogen) atoms. The van der Waals surface area contributed by atoms with Crippen LogP contribution in [-0.2, 0) is 9.53 Å². The van der Waals surface area contributed by atoms with Crippen molar-refractivity contribution in [1.29, 1.82) is 0 Å². The van der Waals surface area contributed by atoms with E-state index in [2.05, 4.69) is 4.74 Å². The molecule has 1 aromatic rings. The van der Waals surface area contributed by atoms with Crippen LogP contribution in [0.2, 0.25) is 0 Å². The smallest absolute Gasteiger partial charge is 0.337 e. The molecule has 0 amide bonds. The van der Waals surface area contributed by atoms with E-state index in [-0.39, 0.29) is 11.3 Å². The minimum Gasteiger partial charge on any atom is -0.507 e. The first-order chi connectivity index (χ1) is 7.54. The first kappa shape index (κ1) is 11.8. The van der Waals surface area contributed by atoms with Gasteiger partial charge in [-0.3, -0.25) is 0 Å². The molecule has 0 aliphatic carbocycles. The Morgan fingerprint density at radius 2 is 2.06 bits per heavy atom. The summed E-state index contributed by atoms with van der Waals surface area (Å²) in [6, 6.07) is 4.08. The lowest BCUT2D eigenvalue weighted by Gasteiger charge is -2.02. The van der Waals surface area contributed by atoms with Crippen molar-refractivity contribution in [3.05, 3.63) is 35.4 Å². The van der Waals surface area contributed by atoms with Gasteiger partial charge in [0.2, 0.25) is 0 Å². The summed E-state index contributed by atoms with van der Waals surface area (Å²) in [4.78, 5) is 21.4. The summed E-state index contributed by atoms with van der Waals surface area (Å²) in [6.45, 7) is 0. The maximum absolute atomic E-state index is 11.1. The van der Waals surface area contributed by atoms with Crippen molar-refractivity contribution < 1.29 is 24.5 Å². The highest BCUT2D eigenvalue weighted by Crippen LogP contribution is 2.20. The van der Waals surface area contributed by atoms with E-state index < -0.39 is 11.9 Å². The lowest BCUT2D eigenvalue weighted by Crippen LogP contribution is -2.00. The zero-order valence-corrected chi connectivity index (χ0v) is 8.51. The number of hydrogen-bond acceptors (Lipinski definition) is 4. The molecule has 0 aromatic heterocycles. The van der Waals surface area contributed by atoms with E-state index in [1.807, 2.05) is 0 Å². The standard InChI is InChI=1S/C11H10O5/c1-16-11(15)8-3-2-7(9(12)6-8)4-5-10(13)14/h2-6,12H,1H3,(H,13,14). The lowest BCUT2D eigenvalue weighted by molar-refractivity contribution is -0.131. The fraction of sp³-hybridized carbons (Fsp3) is 0.0909. The van der Waals surface area contributed by atoms with Crippen LogP contribution in [0.15, 0.2) is 24.3 Å². The molecule has 84 valence electrons. The Kier molecular flexibility index (Phi) is 3.66. The molecule has 0 atom stereocenters. The highest BCUT2D eigenvalue weighted by atomic mass is 16.5. The molecule has 2 N–H and O–H groups in total. The molecule has 0 fully saturated rings. The average molecular weight is 222 g/mol. The van der Waals surface area contributed by atoms with Gasteiger partial charge in [0.05, 0.1) is 12.7 Å². The molecular weight excluding hydrogens is 212 g/mol. The molecule has 1 rings (SSSR count). The molecule has 0 saturated carbocycles. The molecule has 1 aromatic carbocycles. The Labute approximate surface area is 91.6 Å². The zero-order valence-electron chi connectivity index (χ0n) is 8.51. The summed E-state index contributed by atoms with van der Waals surface area (Å²) in [5.74, 6) is -1.86. The van der Waals surface area contributed by atoms with E-state index in [1.165, 1.54) is 31.4 Å². The number of esters is 1. The quantitative estimate of drug-likeness (QED) is 0.594. The van der Waals surface area contributed by atoms with Gasteiger partial charge in [-0.25, -0.2) is 9.59 Å². The summed E-state index contributed by atoms with van der Waals surface area (Å²) >= 11 is 0. The summed E-state index contributed by atoms with van der Waals surface area (Å²) in [5, 5.41) is 17.9. The summed E-state index contributed by atoms with van der Waals surface area (Å²) in [5.41, 5.74) is 0.516.